The summed E-state index contributed by atoms with van der Waals surface area (Å²) in [6, 6.07) is 11.6. The van der Waals surface area contributed by atoms with Gasteiger partial charge in [-0.05, 0) is 36.6 Å². The highest BCUT2D eigenvalue weighted by molar-refractivity contribution is 5.83. The molecular formula is C19H22N2O3. The number of rotatable bonds is 6. The Morgan fingerprint density at radius 3 is 2.50 bits per heavy atom. The van der Waals surface area contributed by atoms with Crippen LogP contribution in [0.15, 0.2) is 42.6 Å². The molecule has 0 unspecified atom stereocenters. The van der Waals surface area contributed by atoms with Gasteiger partial charge < -0.3 is 9.64 Å². The third kappa shape index (κ3) is 4.91. The third-order valence-corrected chi connectivity index (χ3v) is 3.85. The summed E-state index contributed by atoms with van der Waals surface area (Å²) in [6.45, 7) is 4.19. The minimum absolute atomic E-state index is 0.0665. The van der Waals surface area contributed by atoms with E-state index in [0.717, 1.165) is 22.4 Å². The molecule has 2 aromatic rings. The van der Waals surface area contributed by atoms with Gasteiger partial charge in [0, 0.05) is 18.4 Å². The van der Waals surface area contributed by atoms with Crippen molar-refractivity contribution in [3.8, 4) is 0 Å². The number of amides is 1. The number of carbonyl (C=O) groups excluding carboxylic acids is 2. The zero-order valence-corrected chi connectivity index (χ0v) is 14.3. The van der Waals surface area contributed by atoms with Crippen molar-refractivity contribution in [2.45, 2.75) is 26.8 Å². The highest BCUT2D eigenvalue weighted by atomic mass is 16.5. The number of ether oxygens (including phenoxy) is 1. The van der Waals surface area contributed by atoms with E-state index < -0.39 is 5.97 Å². The second kappa shape index (κ2) is 8.24. The summed E-state index contributed by atoms with van der Waals surface area (Å²) in [5.41, 5.74) is 3.82. The fourth-order valence-electron chi connectivity index (χ4n) is 2.34. The molecule has 0 N–H and O–H groups in total. The van der Waals surface area contributed by atoms with E-state index in [1.807, 2.05) is 50.2 Å². The second-order valence-corrected chi connectivity index (χ2v) is 5.74. The van der Waals surface area contributed by atoms with E-state index in [4.69, 9.17) is 4.74 Å². The lowest BCUT2D eigenvalue weighted by Gasteiger charge is -2.22. The quantitative estimate of drug-likeness (QED) is 0.765. The van der Waals surface area contributed by atoms with E-state index >= 15 is 0 Å². The minimum Gasteiger partial charge on any atom is -0.468 e. The first-order valence-corrected chi connectivity index (χ1v) is 7.80. The van der Waals surface area contributed by atoms with E-state index in [-0.39, 0.29) is 18.9 Å². The van der Waals surface area contributed by atoms with Crippen LogP contribution in [-0.4, -0.2) is 35.4 Å². The first-order valence-electron chi connectivity index (χ1n) is 7.80. The molecule has 0 saturated heterocycles. The molecule has 0 aliphatic carbocycles. The van der Waals surface area contributed by atoms with Gasteiger partial charge in [0.1, 0.15) is 6.54 Å². The summed E-state index contributed by atoms with van der Waals surface area (Å²) in [5.74, 6) is -0.562. The van der Waals surface area contributed by atoms with Crippen molar-refractivity contribution in [2.24, 2.45) is 0 Å². The lowest BCUT2D eigenvalue weighted by atomic mass is 10.1. The van der Waals surface area contributed by atoms with Crippen molar-refractivity contribution >= 4 is 11.9 Å². The fourth-order valence-corrected chi connectivity index (χ4v) is 2.34. The number of esters is 1. The van der Waals surface area contributed by atoms with Gasteiger partial charge in [-0.15, -0.1) is 0 Å². The Kier molecular flexibility index (Phi) is 6.07. The monoisotopic (exact) mass is 326 g/mol. The first-order chi connectivity index (χ1) is 11.5. The van der Waals surface area contributed by atoms with E-state index in [0.29, 0.717) is 6.54 Å². The molecular weight excluding hydrogens is 304 g/mol. The molecule has 1 amide bonds. The lowest BCUT2D eigenvalue weighted by Crippen LogP contribution is -2.37. The molecule has 1 heterocycles. The maximum atomic E-state index is 12.7. The molecule has 0 aliphatic rings. The maximum Gasteiger partial charge on any atom is 0.325 e. The summed E-state index contributed by atoms with van der Waals surface area (Å²) in [5, 5.41) is 0. The van der Waals surface area contributed by atoms with Gasteiger partial charge in [-0.25, -0.2) is 0 Å². The average Bonchev–Trinajstić information content (AvgIpc) is 2.58. The topological polar surface area (TPSA) is 59.5 Å². The molecule has 24 heavy (non-hydrogen) atoms. The Morgan fingerprint density at radius 2 is 1.88 bits per heavy atom. The summed E-state index contributed by atoms with van der Waals surface area (Å²) in [4.78, 5) is 30.1. The summed E-state index contributed by atoms with van der Waals surface area (Å²) in [7, 11) is 1.32. The van der Waals surface area contributed by atoms with Crippen LogP contribution in [0.3, 0.4) is 0 Å². The van der Waals surface area contributed by atoms with Crippen LogP contribution >= 0.6 is 0 Å². The van der Waals surface area contributed by atoms with Crippen LogP contribution in [0.1, 0.15) is 22.4 Å². The van der Waals surface area contributed by atoms with Crippen molar-refractivity contribution in [1.82, 2.24) is 9.88 Å². The van der Waals surface area contributed by atoms with Gasteiger partial charge in [-0.2, -0.15) is 0 Å². The number of benzene rings is 1. The normalized spacial score (nSPS) is 10.3. The number of aromatic nitrogens is 1. The van der Waals surface area contributed by atoms with Crippen LogP contribution in [0.2, 0.25) is 0 Å². The van der Waals surface area contributed by atoms with Crippen LogP contribution < -0.4 is 0 Å². The number of pyridine rings is 1. The smallest absolute Gasteiger partial charge is 0.325 e. The molecule has 0 aliphatic heterocycles. The van der Waals surface area contributed by atoms with Crippen molar-refractivity contribution in [3.05, 3.63) is 65.0 Å². The zero-order chi connectivity index (χ0) is 17.5. The molecule has 0 atom stereocenters. The average molecular weight is 326 g/mol. The predicted molar refractivity (Wildman–Crippen MR) is 91.3 cm³/mol. The van der Waals surface area contributed by atoms with Crippen LogP contribution in [0.5, 0.6) is 0 Å². The number of carbonyl (C=O) groups is 2. The summed E-state index contributed by atoms with van der Waals surface area (Å²) in [6.07, 6.45) is 1.90. The highest BCUT2D eigenvalue weighted by Crippen LogP contribution is 2.12. The molecule has 5 heteroatoms. The first kappa shape index (κ1) is 17.7. The van der Waals surface area contributed by atoms with Crippen molar-refractivity contribution < 1.29 is 14.3 Å². The minimum atomic E-state index is -0.432. The van der Waals surface area contributed by atoms with Crippen molar-refractivity contribution in [1.29, 1.82) is 0 Å². The van der Waals surface area contributed by atoms with Gasteiger partial charge in [0.05, 0.1) is 13.5 Å². The molecule has 1 aromatic carbocycles. The summed E-state index contributed by atoms with van der Waals surface area (Å²) >= 11 is 0. The van der Waals surface area contributed by atoms with Crippen molar-refractivity contribution in [3.63, 3.8) is 0 Å². The molecule has 0 radical (unpaired) electrons. The largest absolute Gasteiger partial charge is 0.468 e. The molecule has 126 valence electrons. The Morgan fingerprint density at radius 1 is 1.12 bits per heavy atom. The number of nitrogens with zero attached hydrogens (tertiary/aromatic N) is 2. The molecule has 2 rings (SSSR count). The van der Waals surface area contributed by atoms with Gasteiger partial charge in [-0.1, -0.05) is 30.3 Å². The van der Waals surface area contributed by atoms with Crippen LogP contribution in [0, 0.1) is 13.8 Å². The maximum absolute atomic E-state index is 12.7. The SMILES string of the molecule is COC(=O)CN(Cc1ccccc1C)C(=O)Cc1ccc(C)nc1. The standard InChI is InChI=1S/C19H22N2O3/c1-14-6-4-5-7-17(14)12-21(13-19(23)24-3)18(22)10-16-9-8-15(2)20-11-16/h4-9,11H,10,12-13H2,1-3H3. The number of aryl methyl sites for hydroxylation is 2. The van der Waals surface area contributed by atoms with Gasteiger partial charge >= 0.3 is 5.97 Å². The van der Waals surface area contributed by atoms with E-state index in [2.05, 4.69) is 4.98 Å². The lowest BCUT2D eigenvalue weighted by molar-refractivity contribution is -0.147. The molecule has 0 fully saturated rings. The summed E-state index contributed by atoms with van der Waals surface area (Å²) < 4.78 is 4.72. The Balaban J connectivity index is 2.15. The van der Waals surface area contributed by atoms with Crippen LogP contribution in [-0.2, 0) is 27.3 Å². The molecule has 0 spiro atoms. The van der Waals surface area contributed by atoms with Gasteiger partial charge in [0.2, 0.25) is 5.91 Å². The predicted octanol–water partition coefficient (Wildman–Crippen LogP) is 2.44. The van der Waals surface area contributed by atoms with E-state index in [1.54, 1.807) is 6.20 Å². The second-order valence-electron chi connectivity index (χ2n) is 5.74. The van der Waals surface area contributed by atoms with Gasteiger partial charge in [0.25, 0.3) is 0 Å². The molecule has 1 aromatic heterocycles. The fraction of sp³-hybridized carbons (Fsp3) is 0.316. The Hall–Kier alpha value is -2.69. The number of methoxy groups -OCH3 is 1. The molecule has 0 saturated carbocycles. The van der Waals surface area contributed by atoms with E-state index in [1.165, 1.54) is 12.0 Å². The van der Waals surface area contributed by atoms with E-state index in [9.17, 15) is 9.59 Å². The van der Waals surface area contributed by atoms with Crippen molar-refractivity contribution in [2.75, 3.05) is 13.7 Å². The Bertz CT molecular complexity index is 711. The highest BCUT2D eigenvalue weighted by Gasteiger charge is 2.19. The van der Waals surface area contributed by atoms with Crippen LogP contribution in [0.25, 0.3) is 0 Å². The third-order valence-electron chi connectivity index (χ3n) is 3.85. The molecule has 0 bridgehead atoms. The van der Waals surface area contributed by atoms with Gasteiger partial charge in [-0.3, -0.25) is 14.6 Å². The number of hydrogen-bond donors (Lipinski definition) is 0. The Labute approximate surface area is 142 Å². The van der Waals surface area contributed by atoms with Gasteiger partial charge in [0.15, 0.2) is 0 Å². The molecule has 5 nitrogen and oxygen atoms in total. The van der Waals surface area contributed by atoms with Crippen LogP contribution in [0.4, 0.5) is 0 Å². The zero-order valence-electron chi connectivity index (χ0n) is 14.3. The number of hydrogen-bond acceptors (Lipinski definition) is 4.